The Bertz CT molecular complexity index is 416. The van der Waals surface area contributed by atoms with Gasteiger partial charge in [-0.25, -0.2) is 0 Å². The zero-order chi connectivity index (χ0) is 13.0. The molecule has 0 heterocycles. The maximum atomic E-state index is 12.3. The van der Waals surface area contributed by atoms with Gasteiger partial charge in [-0.05, 0) is 24.3 Å². The van der Waals surface area contributed by atoms with E-state index in [2.05, 4.69) is 13.5 Å². The van der Waals surface area contributed by atoms with Crippen molar-refractivity contribution in [3.05, 3.63) is 48.6 Å². The number of rotatable bonds is 5. The molecule has 2 rings (SSSR count). The van der Waals surface area contributed by atoms with E-state index in [1.54, 1.807) is 6.08 Å². The van der Waals surface area contributed by atoms with Crippen molar-refractivity contribution in [2.45, 2.75) is 31.6 Å². The average molecular weight is 244 g/mol. The Kier molecular flexibility index (Phi) is 3.85. The number of ether oxygens (including phenoxy) is 1. The van der Waals surface area contributed by atoms with Crippen LogP contribution in [0.25, 0.3) is 0 Å². The summed E-state index contributed by atoms with van der Waals surface area (Å²) in [6, 6.07) is 10.00. The first-order valence-electron chi connectivity index (χ1n) is 6.56. The van der Waals surface area contributed by atoms with Gasteiger partial charge in [-0.2, -0.15) is 0 Å². The van der Waals surface area contributed by atoms with Crippen LogP contribution in [0.4, 0.5) is 0 Å². The summed E-state index contributed by atoms with van der Waals surface area (Å²) >= 11 is 0. The number of benzene rings is 1. The Balaban J connectivity index is 2.20. The molecule has 0 aliphatic heterocycles. The third-order valence-electron chi connectivity index (χ3n) is 3.90. The van der Waals surface area contributed by atoms with Crippen molar-refractivity contribution in [1.82, 2.24) is 0 Å². The van der Waals surface area contributed by atoms with E-state index in [-0.39, 0.29) is 5.97 Å². The summed E-state index contributed by atoms with van der Waals surface area (Å²) in [5, 5.41) is 0. The number of hydrogen-bond donors (Lipinski definition) is 0. The minimum atomic E-state index is -0.412. The molecule has 96 valence electrons. The van der Waals surface area contributed by atoms with Crippen LogP contribution in [-0.4, -0.2) is 12.6 Å². The number of carbonyl (C=O) groups is 1. The molecule has 0 N–H and O–H groups in total. The van der Waals surface area contributed by atoms with Crippen LogP contribution < -0.4 is 0 Å². The highest BCUT2D eigenvalue weighted by molar-refractivity contribution is 5.84. The third kappa shape index (κ3) is 2.20. The van der Waals surface area contributed by atoms with Crippen molar-refractivity contribution < 1.29 is 9.53 Å². The fourth-order valence-corrected chi connectivity index (χ4v) is 2.76. The Morgan fingerprint density at radius 3 is 2.67 bits per heavy atom. The molecule has 2 nitrogen and oxygen atoms in total. The summed E-state index contributed by atoms with van der Waals surface area (Å²) in [4.78, 5) is 12.3. The zero-order valence-electron chi connectivity index (χ0n) is 10.9. The van der Waals surface area contributed by atoms with E-state index in [9.17, 15) is 4.79 Å². The Labute approximate surface area is 109 Å². The van der Waals surface area contributed by atoms with E-state index < -0.39 is 5.41 Å². The van der Waals surface area contributed by atoms with Crippen molar-refractivity contribution in [2.24, 2.45) is 5.92 Å². The predicted octanol–water partition coefficient (Wildman–Crippen LogP) is 3.47. The standard InChI is InChI=1S/C16H20O2/c1-3-10-18-15(17)16(11-13(4-2)12-16)14-8-6-5-7-9-14/h3,5-9,13H,1,4,10-12H2,2H3. The molecule has 1 fully saturated rings. The summed E-state index contributed by atoms with van der Waals surface area (Å²) in [6.07, 6.45) is 4.56. The molecule has 0 aromatic heterocycles. The molecule has 0 spiro atoms. The molecule has 0 bridgehead atoms. The van der Waals surface area contributed by atoms with Crippen LogP contribution in [0.5, 0.6) is 0 Å². The Morgan fingerprint density at radius 1 is 1.44 bits per heavy atom. The van der Waals surface area contributed by atoms with Gasteiger partial charge in [-0.15, -0.1) is 0 Å². The van der Waals surface area contributed by atoms with E-state index in [4.69, 9.17) is 4.74 Å². The lowest BCUT2D eigenvalue weighted by Gasteiger charge is -2.45. The van der Waals surface area contributed by atoms with Gasteiger partial charge in [-0.3, -0.25) is 4.79 Å². The maximum absolute atomic E-state index is 12.3. The van der Waals surface area contributed by atoms with Crippen LogP contribution in [0.2, 0.25) is 0 Å². The molecule has 1 aliphatic rings. The molecular formula is C16H20O2. The van der Waals surface area contributed by atoms with Crippen LogP contribution in [0.15, 0.2) is 43.0 Å². The first-order chi connectivity index (χ1) is 8.73. The fraction of sp³-hybridized carbons (Fsp3) is 0.438. The molecule has 0 atom stereocenters. The molecule has 1 aromatic carbocycles. The van der Waals surface area contributed by atoms with Crippen LogP contribution >= 0.6 is 0 Å². The molecule has 0 radical (unpaired) electrons. The van der Waals surface area contributed by atoms with E-state index in [0.29, 0.717) is 12.5 Å². The summed E-state index contributed by atoms with van der Waals surface area (Å²) in [5.74, 6) is 0.541. The van der Waals surface area contributed by atoms with Crippen LogP contribution in [0.3, 0.4) is 0 Å². The van der Waals surface area contributed by atoms with Gasteiger partial charge in [0.15, 0.2) is 0 Å². The topological polar surface area (TPSA) is 26.3 Å². The summed E-state index contributed by atoms with van der Waals surface area (Å²) < 4.78 is 5.29. The highest BCUT2D eigenvalue weighted by Gasteiger charge is 2.51. The van der Waals surface area contributed by atoms with Gasteiger partial charge in [0.1, 0.15) is 6.61 Å². The second-order valence-corrected chi connectivity index (χ2v) is 5.02. The predicted molar refractivity (Wildman–Crippen MR) is 72.3 cm³/mol. The van der Waals surface area contributed by atoms with Gasteiger partial charge in [0.2, 0.25) is 0 Å². The van der Waals surface area contributed by atoms with Gasteiger partial charge in [0.25, 0.3) is 0 Å². The quantitative estimate of drug-likeness (QED) is 0.585. The van der Waals surface area contributed by atoms with E-state index >= 15 is 0 Å². The normalized spacial score (nSPS) is 26.2. The highest BCUT2D eigenvalue weighted by Crippen LogP contribution is 2.49. The van der Waals surface area contributed by atoms with Crippen LogP contribution in [0, 0.1) is 5.92 Å². The van der Waals surface area contributed by atoms with Gasteiger partial charge in [0, 0.05) is 0 Å². The number of carbonyl (C=O) groups excluding carboxylic acids is 1. The van der Waals surface area contributed by atoms with E-state index in [1.807, 2.05) is 30.3 Å². The second kappa shape index (κ2) is 5.38. The van der Waals surface area contributed by atoms with Crippen molar-refractivity contribution >= 4 is 5.97 Å². The first kappa shape index (κ1) is 12.9. The lowest BCUT2D eigenvalue weighted by atomic mass is 9.58. The largest absolute Gasteiger partial charge is 0.461 e. The lowest BCUT2D eigenvalue weighted by Crippen LogP contribution is -2.48. The molecule has 2 heteroatoms. The lowest BCUT2D eigenvalue weighted by molar-refractivity contribution is -0.155. The summed E-state index contributed by atoms with van der Waals surface area (Å²) in [6.45, 7) is 6.06. The number of hydrogen-bond acceptors (Lipinski definition) is 2. The summed E-state index contributed by atoms with van der Waals surface area (Å²) in [5.41, 5.74) is 0.675. The molecule has 1 saturated carbocycles. The highest BCUT2D eigenvalue weighted by atomic mass is 16.5. The average Bonchev–Trinajstić information content (AvgIpc) is 2.37. The van der Waals surface area contributed by atoms with Crippen molar-refractivity contribution in [2.75, 3.05) is 6.61 Å². The van der Waals surface area contributed by atoms with Gasteiger partial charge >= 0.3 is 5.97 Å². The maximum Gasteiger partial charge on any atom is 0.316 e. The summed E-state index contributed by atoms with van der Waals surface area (Å²) in [7, 11) is 0. The molecule has 1 aliphatic carbocycles. The van der Waals surface area contributed by atoms with Gasteiger partial charge < -0.3 is 4.74 Å². The molecule has 0 saturated heterocycles. The van der Waals surface area contributed by atoms with Crippen LogP contribution in [-0.2, 0) is 14.9 Å². The number of esters is 1. The fourth-order valence-electron chi connectivity index (χ4n) is 2.76. The van der Waals surface area contributed by atoms with Crippen LogP contribution in [0.1, 0.15) is 31.7 Å². The molecular weight excluding hydrogens is 224 g/mol. The van der Waals surface area contributed by atoms with Crippen molar-refractivity contribution in [3.63, 3.8) is 0 Å². The van der Waals surface area contributed by atoms with Gasteiger partial charge in [0.05, 0.1) is 5.41 Å². The van der Waals surface area contributed by atoms with Gasteiger partial charge in [-0.1, -0.05) is 56.3 Å². The zero-order valence-corrected chi connectivity index (χ0v) is 10.9. The van der Waals surface area contributed by atoms with Crippen molar-refractivity contribution in [3.8, 4) is 0 Å². The molecule has 0 unspecified atom stereocenters. The molecule has 0 amide bonds. The molecule has 1 aromatic rings. The van der Waals surface area contributed by atoms with E-state index in [1.165, 1.54) is 0 Å². The minimum Gasteiger partial charge on any atom is -0.461 e. The monoisotopic (exact) mass is 244 g/mol. The SMILES string of the molecule is C=CCOC(=O)C1(c2ccccc2)CC(CC)C1. The minimum absolute atomic E-state index is 0.0988. The Hall–Kier alpha value is -1.57. The van der Waals surface area contributed by atoms with E-state index in [0.717, 1.165) is 24.8 Å². The first-order valence-corrected chi connectivity index (χ1v) is 6.56. The smallest absolute Gasteiger partial charge is 0.316 e. The molecule has 18 heavy (non-hydrogen) atoms. The van der Waals surface area contributed by atoms with Crippen molar-refractivity contribution in [1.29, 1.82) is 0 Å². The third-order valence-corrected chi connectivity index (χ3v) is 3.90. The second-order valence-electron chi connectivity index (χ2n) is 5.02. The Morgan fingerprint density at radius 2 is 2.11 bits per heavy atom.